The average molecular weight is 390 g/mol. The molecule has 3 rings (SSSR count). The first-order valence-electron chi connectivity index (χ1n) is 9.97. The lowest BCUT2D eigenvalue weighted by molar-refractivity contribution is -0.114. The van der Waals surface area contributed by atoms with Crippen LogP contribution in [0.2, 0.25) is 0 Å². The van der Waals surface area contributed by atoms with Gasteiger partial charge in [0.2, 0.25) is 5.91 Å². The number of nitrogens with zero attached hydrogens (tertiary/aromatic N) is 2. The summed E-state index contributed by atoms with van der Waals surface area (Å²) in [5.74, 6) is 2.04. The van der Waals surface area contributed by atoms with Gasteiger partial charge in [-0.05, 0) is 24.6 Å². The lowest BCUT2D eigenvalue weighted by Gasteiger charge is -2.12. The fourth-order valence-electron chi connectivity index (χ4n) is 2.94. The van der Waals surface area contributed by atoms with Crippen molar-refractivity contribution in [1.29, 1.82) is 0 Å². The Balaban J connectivity index is 1.85. The fraction of sp³-hybridized carbons (Fsp3) is 0.261. The van der Waals surface area contributed by atoms with E-state index in [9.17, 15) is 4.79 Å². The number of aromatic nitrogens is 2. The van der Waals surface area contributed by atoms with Crippen LogP contribution < -0.4 is 16.0 Å². The van der Waals surface area contributed by atoms with E-state index < -0.39 is 0 Å². The van der Waals surface area contributed by atoms with Crippen LogP contribution in [0.5, 0.6) is 0 Å². The second-order valence-corrected chi connectivity index (χ2v) is 6.85. The van der Waals surface area contributed by atoms with Gasteiger partial charge in [0, 0.05) is 36.5 Å². The van der Waals surface area contributed by atoms with E-state index >= 15 is 0 Å². The number of nitrogens with one attached hydrogen (secondary N) is 3. The molecule has 150 valence electrons. The van der Waals surface area contributed by atoms with E-state index in [0.29, 0.717) is 11.6 Å². The minimum atomic E-state index is -0.103. The minimum Gasteiger partial charge on any atom is -0.370 e. The Morgan fingerprint density at radius 3 is 2.41 bits per heavy atom. The highest BCUT2D eigenvalue weighted by molar-refractivity contribution is 5.89. The third kappa shape index (κ3) is 6.31. The van der Waals surface area contributed by atoms with Gasteiger partial charge in [-0.3, -0.25) is 4.79 Å². The highest BCUT2D eigenvalue weighted by Crippen LogP contribution is 2.24. The van der Waals surface area contributed by atoms with Crippen molar-refractivity contribution >= 4 is 28.9 Å². The van der Waals surface area contributed by atoms with Gasteiger partial charge in [0.05, 0.1) is 0 Å². The second-order valence-electron chi connectivity index (χ2n) is 6.85. The number of amides is 1. The molecule has 0 aliphatic heterocycles. The molecule has 3 aromatic rings. The maximum absolute atomic E-state index is 11.3. The molecule has 0 spiro atoms. The van der Waals surface area contributed by atoms with E-state index in [1.54, 1.807) is 0 Å². The molecule has 1 heterocycles. The van der Waals surface area contributed by atoms with Crippen LogP contribution in [0.15, 0.2) is 60.7 Å². The van der Waals surface area contributed by atoms with Crippen LogP contribution in [-0.2, 0) is 4.79 Å². The zero-order chi connectivity index (χ0) is 20.5. The standard InChI is InChI=1S/C23H27N5O/c1-3-4-8-14-24-21-16-22(28-23(27-21)18-10-6-5-7-11-18)26-20-13-9-12-19(15-20)25-17(2)29/h5-7,9-13,15-16H,3-4,8,14H2,1-2H3,(H,25,29)(H2,24,26,27,28). The predicted octanol–water partition coefficient (Wildman–Crippen LogP) is 5.45. The van der Waals surface area contributed by atoms with Crippen molar-refractivity contribution in [1.82, 2.24) is 9.97 Å². The molecule has 6 nitrogen and oxygen atoms in total. The van der Waals surface area contributed by atoms with Crippen molar-refractivity contribution in [3.63, 3.8) is 0 Å². The Hall–Kier alpha value is -3.41. The molecular weight excluding hydrogens is 362 g/mol. The molecular formula is C23H27N5O. The molecule has 0 saturated carbocycles. The van der Waals surface area contributed by atoms with Crippen molar-refractivity contribution in [3.05, 3.63) is 60.7 Å². The molecule has 2 aromatic carbocycles. The summed E-state index contributed by atoms with van der Waals surface area (Å²) in [6.45, 7) is 4.55. The van der Waals surface area contributed by atoms with Gasteiger partial charge in [-0.15, -0.1) is 0 Å². The Morgan fingerprint density at radius 1 is 0.897 bits per heavy atom. The monoisotopic (exact) mass is 389 g/mol. The van der Waals surface area contributed by atoms with Crippen molar-refractivity contribution in [2.45, 2.75) is 33.1 Å². The largest absolute Gasteiger partial charge is 0.370 e. The van der Waals surface area contributed by atoms with E-state index in [1.807, 2.05) is 60.7 Å². The van der Waals surface area contributed by atoms with Crippen molar-refractivity contribution in [2.75, 3.05) is 22.5 Å². The van der Waals surface area contributed by atoms with E-state index in [2.05, 4.69) is 32.8 Å². The molecule has 0 unspecified atom stereocenters. The van der Waals surface area contributed by atoms with Gasteiger partial charge in [-0.2, -0.15) is 0 Å². The van der Waals surface area contributed by atoms with Crippen LogP contribution in [0.25, 0.3) is 11.4 Å². The summed E-state index contributed by atoms with van der Waals surface area (Å²) in [5.41, 5.74) is 2.53. The number of rotatable bonds is 9. The molecule has 0 atom stereocenters. The lowest BCUT2D eigenvalue weighted by atomic mass is 10.2. The van der Waals surface area contributed by atoms with Gasteiger partial charge < -0.3 is 16.0 Å². The maximum atomic E-state index is 11.3. The summed E-state index contributed by atoms with van der Waals surface area (Å²) in [6, 6.07) is 19.4. The zero-order valence-electron chi connectivity index (χ0n) is 16.9. The Kier molecular flexibility index (Phi) is 7.16. The molecule has 29 heavy (non-hydrogen) atoms. The Bertz CT molecular complexity index is 943. The highest BCUT2D eigenvalue weighted by Gasteiger charge is 2.08. The molecule has 0 aliphatic rings. The molecule has 0 aliphatic carbocycles. The normalized spacial score (nSPS) is 10.4. The Morgan fingerprint density at radius 2 is 1.66 bits per heavy atom. The van der Waals surface area contributed by atoms with Crippen LogP contribution in [-0.4, -0.2) is 22.4 Å². The molecule has 1 aromatic heterocycles. The van der Waals surface area contributed by atoms with Gasteiger partial charge >= 0.3 is 0 Å². The maximum Gasteiger partial charge on any atom is 0.221 e. The highest BCUT2D eigenvalue weighted by atomic mass is 16.1. The molecule has 0 saturated heterocycles. The summed E-state index contributed by atoms with van der Waals surface area (Å²) in [7, 11) is 0. The quantitative estimate of drug-likeness (QED) is 0.424. The number of unbranched alkanes of at least 4 members (excludes halogenated alkanes) is 2. The average Bonchev–Trinajstić information content (AvgIpc) is 2.71. The Labute approximate surface area is 171 Å². The van der Waals surface area contributed by atoms with Crippen LogP contribution in [0.3, 0.4) is 0 Å². The number of hydrogen-bond acceptors (Lipinski definition) is 5. The van der Waals surface area contributed by atoms with Gasteiger partial charge in [-0.1, -0.05) is 56.2 Å². The number of benzene rings is 2. The third-order valence-electron chi connectivity index (χ3n) is 4.30. The first-order valence-corrected chi connectivity index (χ1v) is 9.97. The first-order chi connectivity index (χ1) is 14.1. The fourth-order valence-corrected chi connectivity index (χ4v) is 2.94. The predicted molar refractivity (Wildman–Crippen MR) is 120 cm³/mol. The molecule has 0 bridgehead atoms. The number of anilines is 4. The van der Waals surface area contributed by atoms with E-state index in [0.717, 1.165) is 35.7 Å². The van der Waals surface area contributed by atoms with Crippen LogP contribution in [0.1, 0.15) is 33.1 Å². The smallest absolute Gasteiger partial charge is 0.221 e. The lowest BCUT2D eigenvalue weighted by Crippen LogP contribution is -2.07. The summed E-state index contributed by atoms with van der Waals surface area (Å²) in [4.78, 5) is 20.7. The topological polar surface area (TPSA) is 78.9 Å². The first kappa shape index (κ1) is 20.3. The SMILES string of the molecule is CCCCCNc1cc(Nc2cccc(NC(C)=O)c2)nc(-c2ccccc2)n1. The molecule has 3 N–H and O–H groups in total. The number of carbonyl (C=O) groups excluding carboxylic acids is 1. The van der Waals surface area contributed by atoms with Crippen LogP contribution >= 0.6 is 0 Å². The third-order valence-corrected chi connectivity index (χ3v) is 4.30. The van der Waals surface area contributed by atoms with Crippen LogP contribution in [0.4, 0.5) is 23.0 Å². The number of carbonyl (C=O) groups is 1. The van der Waals surface area contributed by atoms with E-state index in [-0.39, 0.29) is 5.91 Å². The van der Waals surface area contributed by atoms with E-state index in [4.69, 9.17) is 0 Å². The summed E-state index contributed by atoms with van der Waals surface area (Å²) in [6.07, 6.45) is 3.46. The van der Waals surface area contributed by atoms with Gasteiger partial charge in [0.25, 0.3) is 0 Å². The minimum absolute atomic E-state index is 0.103. The van der Waals surface area contributed by atoms with Gasteiger partial charge in [-0.25, -0.2) is 9.97 Å². The van der Waals surface area contributed by atoms with E-state index in [1.165, 1.54) is 19.8 Å². The summed E-state index contributed by atoms with van der Waals surface area (Å²) in [5, 5.41) is 9.53. The molecule has 0 fully saturated rings. The second kappa shape index (κ2) is 10.2. The van der Waals surface area contributed by atoms with Gasteiger partial charge in [0.1, 0.15) is 11.6 Å². The van der Waals surface area contributed by atoms with Crippen molar-refractivity contribution in [2.24, 2.45) is 0 Å². The van der Waals surface area contributed by atoms with Gasteiger partial charge in [0.15, 0.2) is 5.82 Å². The molecule has 1 amide bonds. The molecule has 0 radical (unpaired) electrons. The summed E-state index contributed by atoms with van der Waals surface area (Å²) < 4.78 is 0. The summed E-state index contributed by atoms with van der Waals surface area (Å²) >= 11 is 0. The van der Waals surface area contributed by atoms with Crippen molar-refractivity contribution < 1.29 is 4.79 Å². The number of hydrogen-bond donors (Lipinski definition) is 3. The van der Waals surface area contributed by atoms with Crippen molar-refractivity contribution in [3.8, 4) is 11.4 Å². The van der Waals surface area contributed by atoms with Crippen LogP contribution in [0, 0.1) is 0 Å². The molecule has 6 heteroatoms. The zero-order valence-corrected chi connectivity index (χ0v) is 16.9.